The van der Waals surface area contributed by atoms with Gasteiger partial charge in [0.05, 0.1) is 12.7 Å². The molecule has 6 heteroatoms. The van der Waals surface area contributed by atoms with Crippen LogP contribution in [0.4, 0.5) is 0 Å². The quantitative estimate of drug-likeness (QED) is 0.576. The van der Waals surface area contributed by atoms with Crippen LogP contribution < -0.4 is 4.18 Å². The molecule has 1 aliphatic heterocycles. The topological polar surface area (TPSA) is 55.8 Å². The van der Waals surface area contributed by atoms with Gasteiger partial charge in [0.15, 0.2) is 0 Å². The summed E-state index contributed by atoms with van der Waals surface area (Å²) in [6.45, 7) is 3.23. The van der Waals surface area contributed by atoms with Gasteiger partial charge in [-0.25, -0.2) is 0 Å². The molecule has 150 valence electrons. The summed E-state index contributed by atoms with van der Waals surface area (Å²) in [7, 11) is -3.83. The van der Waals surface area contributed by atoms with Crippen LogP contribution in [0, 0.1) is 0 Å². The second-order valence-electron chi connectivity index (χ2n) is 7.00. The Hall–Kier alpha value is -2.67. The minimum atomic E-state index is -3.83. The molecule has 1 fully saturated rings. The van der Waals surface area contributed by atoms with E-state index in [-0.39, 0.29) is 16.7 Å². The van der Waals surface area contributed by atoms with Gasteiger partial charge in [-0.05, 0) is 35.4 Å². The number of rotatable bonds is 6. The summed E-state index contributed by atoms with van der Waals surface area (Å²) >= 11 is 0. The first-order valence-electron chi connectivity index (χ1n) is 9.57. The van der Waals surface area contributed by atoms with Crippen molar-refractivity contribution in [3.63, 3.8) is 0 Å². The summed E-state index contributed by atoms with van der Waals surface area (Å²) in [5.41, 5.74) is 2.29. The van der Waals surface area contributed by atoms with Gasteiger partial charge in [-0.3, -0.25) is 4.90 Å². The maximum atomic E-state index is 12.4. The molecule has 0 saturated carbocycles. The zero-order valence-corrected chi connectivity index (χ0v) is 16.8. The van der Waals surface area contributed by atoms with E-state index < -0.39 is 10.1 Å². The Labute approximate surface area is 171 Å². The highest BCUT2D eigenvalue weighted by Gasteiger charge is 2.22. The smallest absolute Gasteiger partial charge is 0.339 e. The van der Waals surface area contributed by atoms with E-state index in [0.717, 1.165) is 25.2 Å². The number of benzene rings is 3. The fourth-order valence-corrected chi connectivity index (χ4v) is 4.34. The van der Waals surface area contributed by atoms with Crippen LogP contribution in [0.5, 0.6) is 5.75 Å². The summed E-state index contributed by atoms with van der Waals surface area (Å²) in [4.78, 5) is 2.50. The summed E-state index contributed by atoms with van der Waals surface area (Å²) in [6, 6.07) is 25.6. The van der Waals surface area contributed by atoms with Crippen molar-refractivity contribution < 1.29 is 17.3 Å². The molecule has 0 aromatic heterocycles. The van der Waals surface area contributed by atoms with Crippen molar-refractivity contribution in [3.8, 4) is 5.75 Å². The summed E-state index contributed by atoms with van der Waals surface area (Å²) < 4.78 is 35.9. The fraction of sp³-hybridized carbons (Fsp3) is 0.217. The molecule has 29 heavy (non-hydrogen) atoms. The molecular formula is C23H23NO4S. The van der Waals surface area contributed by atoms with Crippen LogP contribution in [-0.2, 0) is 21.4 Å². The number of hydrogen-bond acceptors (Lipinski definition) is 5. The first-order valence-corrected chi connectivity index (χ1v) is 11.0. The highest BCUT2D eigenvalue weighted by molar-refractivity contribution is 7.87. The molecule has 0 unspecified atom stereocenters. The van der Waals surface area contributed by atoms with E-state index in [1.165, 1.54) is 17.7 Å². The van der Waals surface area contributed by atoms with Crippen LogP contribution in [0.15, 0.2) is 89.8 Å². The number of morpholine rings is 1. The summed E-state index contributed by atoms with van der Waals surface area (Å²) in [5.74, 6) is 0.287. The molecule has 0 amide bonds. The van der Waals surface area contributed by atoms with Gasteiger partial charge in [-0.1, -0.05) is 60.7 Å². The first-order chi connectivity index (χ1) is 14.1. The maximum absolute atomic E-state index is 12.4. The molecule has 1 aliphatic rings. The third-order valence-corrected chi connectivity index (χ3v) is 6.15. The monoisotopic (exact) mass is 409 g/mol. The lowest BCUT2D eigenvalue weighted by atomic mass is 10.1. The maximum Gasteiger partial charge on any atom is 0.339 e. The molecule has 3 aromatic carbocycles. The van der Waals surface area contributed by atoms with Crippen molar-refractivity contribution >= 4 is 10.1 Å². The molecule has 0 aliphatic carbocycles. The minimum Gasteiger partial charge on any atom is -0.379 e. The number of hydrogen-bond donors (Lipinski definition) is 0. The van der Waals surface area contributed by atoms with Gasteiger partial charge in [0, 0.05) is 19.6 Å². The molecule has 1 heterocycles. The van der Waals surface area contributed by atoms with Crippen LogP contribution in [0.1, 0.15) is 17.2 Å². The van der Waals surface area contributed by atoms with Gasteiger partial charge >= 0.3 is 10.1 Å². The van der Waals surface area contributed by atoms with Crippen molar-refractivity contribution in [2.24, 2.45) is 0 Å². The second kappa shape index (κ2) is 8.78. The predicted molar refractivity (Wildman–Crippen MR) is 111 cm³/mol. The predicted octanol–water partition coefficient (Wildman–Crippen LogP) is 4.03. The molecular weight excluding hydrogens is 386 g/mol. The zero-order valence-electron chi connectivity index (χ0n) is 16.0. The molecule has 1 saturated heterocycles. The van der Waals surface area contributed by atoms with Crippen LogP contribution in [0.2, 0.25) is 0 Å². The lowest BCUT2D eigenvalue weighted by Gasteiger charge is -2.33. The molecule has 0 radical (unpaired) electrons. The Kier molecular flexibility index (Phi) is 5.94. The second-order valence-corrected chi connectivity index (χ2v) is 8.55. The summed E-state index contributed by atoms with van der Waals surface area (Å²) in [6.07, 6.45) is -0.0488. The number of nitrogens with zero attached hydrogens (tertiary/aromatic N) is 1. The van der Waals surface area contributed by atoms with Crippen molar-refractivity contribution in [1.82, 2.24) is 4.90 Å². The van der Waals surface area contributed by atoms with E-state index in [1.54, 1.807) is 30.3 Å². The molecule has 0 spiro atoms. The molecule has 3 aromatic rings. The lowest BCUT2D eigenvalue weighted by molar-refractivity contribution is -0.0329. The Morgan fingerprint density at radius 2 is 1.55 bits per heavy atom. The first kappa shape index (κ1) is 19.6. The van der Waals surface area contributed by atoms with Crippen LogP contribution in [0.3, 0.4) is 0 Å². The Bertz CT molecular complexity index is 1020. The highest BCUT2D eigenvalue weighted by Crippen LogP contribution is 2.26. The molecule has 0 N–H and O–H groups in total. The van der Waals surface area contributed by atoms with Crippen LogP contribution in [-0.4, -0.2) is 33.0 Å². The van der Waals surface area contributed by atoms with E-state index in [2.05, 4.69) is 29.2 Å². The Morgan fingerprint density at radius 3 is 2.24 bits per heavy atom. The third kappa shape index (κ3) is 5.03. The van der Waals surface area contributed by atoms with Crippen LogP contribution >= 0.6 is 0 Å². The molecule has 4 rings (SSSR count). The van der Waals surface area contributed by atoms with Crippen molar-refractivity contribution in [1.29, 1.82) is 0 Å². The third-order valence-electron chi connectivity index (χ3n) is 4.89. The zero-order chi connectivity index (χ0) is 20.1. The van der Waals surface area contributed by atoms with Crippen molar-refractivity contribution in [2.75, 3.05) is 19.7 Å². The largest absolute Gasteiger partial charge is 0.379 e. The average Bonchev–Trinajstić information content (AvgIpc) is 2.76. The van der Waals surface area contributed by atoms with Crippen molar-refractivity contribution in [2.45, 2.75) is 17.5 Å². The molecule has 0 bridgehead atoms. The SMILES string of the molecule is O=S(=O)(Oc1ccc([C@@H]2CN(Cc3ccccc3)CCO2)cc1)c1ccccc1. The van der Waals surface area contributed by atoms with Gasteiger partial charge in [-0.15, -0.1) is 0 Å². The minimum absolute atomic E-state index is 0.0488. The normalized spacial score (nSPS) is 17.7. The lowest BCUT2D eigenvalue weighted by Crippen LogP contribution is -2.37. The molecule has 5 nitrogen and oxygen atoms in total. The van der Waals surface area contributed by atoms with E-state index in [9.17, 15) is 8.42 Å². The van der Waals surface area contributed by atoms with Crippen LogP contribution in [0.25, 0.3) is 0 Å². The van der Waals surface area contributed by atoms with E-state index in [4.69, 9.17) is 8.92 Å². The van der Waals surface area contributed by atoms with E-state index >= 15 is 0 Å². The van der Waals surface area contributed by atoms with E-state index in [0.29, 0.717) is 6.61 Å². The number of ether oxygens (including phenoxy) is 1. The average molecular weight is 410 g/mol. The van der Waals surface area contributed by atoms with Gasteiger partial charge in [0.1, 0.15) is 10.6 Å². The van der Waals surface area contributed by atoms with Crippen molar-refractivity contribution in [3.05, 3.63) is 96.1 Å². The fourth-order valence-electron chi connectivity index (χ4n) is 3.39. The van der Waals surface area contributed by atoms with Gasteiger partial charge in [0.2, 0.25) is 0 Å². The van der Waals surface area contributed by atoms with Gasteiger partial charge < -0.3 is 8.92 Å². The van der Waals surface area contributed by atoms with Gasteiger partial charge in [0.25, 0.3) is 0 Å². The Balaban J connectivity index is 1.41. The Morgan fingerprint density at radius 1 is 0.897 bits per heavy atom. The summed E-state index contributed by atoms with van der Waals surface area (Å²) in [5, 5.41) is 0. The van der Waals surface area contributed by atoms with Gasteiger partial charge in [-0.2, -0.15) is 8.42 Å². The molecule has 1 atom stereocenters. The standard InChI is InChI=1S/C23H23NO4S/c25-29(26,22-9-5-2-6-10-22)28-21-13-11-20(12-14-21)23-18-24(15-16-27-23)17-19-7-3-1-4-8-19/h1-14,23H,15-18H2/t23-/m0/s1. The van der Waals surface area contributed by atoms with E-state index in [1.807, 2.05) is 18.2 Å². The highest BCUT2D eigenvalue weighted by atomic mass is 32.2.